The van der Waals surface area contributed by atoms with Crippen molar-refractivity contribution >= 4 is 23.6 Å². The quantitative estimate of drug-likeness (QED) is 0.539. The maximum Gasteiger partial charge on any atom is 0.269 e. The third-order valence-corrected chi connectivity index (χ3v) is 4.95. The van der Waals surface area contributed by atoms with Crippen LogP contribution in [0.5, 0.6) is 11.5 Å². The number of carbonyl (C=O) groups is 4. The molecule has 1 heterocycles. The Bertz CT molecular complexity index is 1010. The number of fused-ring (bicyclic) bond motifs is 1. The summed E-state index contributed by atoms with van der Waals surface area (Å²) in [6, 6.07) is 9.83. The second kappa shape index (κ2) is 8.86. The Hall–Kier alpha value is -3.88. The monoisotopic (exact) mass is 425 g/mol. The zero-order valence-corrected chi connectivity index (χ0v) is 17.6. The molecule has 0 aliphatic carbocycles. The van der Waals surface area contributed by atoms with E-state index in [2.05, 4.69) is 10.9 Å². The molecule has 0 spiro atoms. The Morgan fingerprint density at radius 2 is 1.45 bits per heavy atom. The van der Waals surface area contributed by atoms with Crippen molar-refractivity contribution in [2.24, 2.45) is 5.92 Å². The van der Waals surface area contributed by atoms with Gasteiger partial charge in [-0.15, -0.1) is 0 Å². The maximum atomic E-state index is 12.9. The fourth-order valence-corrected chi connectivity index (χ4v) is 3.42. The lowest BCUT2D eigenvalue weighted by Gasteiger charge is -2.28. The molecule has 0 bridgehead atoms. The molecule has 9 heteroatoms. The second-order valence-corrected chi connectivity index (χ2v) is 7.23. The summed E-state index contributed by atoms with van der Waals surface area (Å²) >= 11 is 0. The largest absolute Gasteiger partial charge is 0.493 e. The highest BCUT2D eigenvalue weighted by atomic mass is 16.5. The lowest BCUT2D eigenvalue weighted by Crippen LogP contribution is -2.56. The average Bonchev–Trinajstić information content (AvgIpc) is 3.02. The third-order valence-electron chi connectivity index (χ3n) is 4.95. The number of hydrazine groups is 1. The Balaban J connectivity index is 1.75. The maximum absolute atomic E-state index is 12.9. The molecule has 1 aliphatic heterocycles. The number of methoxy groups -OCH3 is 2. The van der Waals surface area contributed by atoms with E-state index in [1.54, 1.807) is 44.2 Å². The average molecular weight is 425 g/mol. The van der Waals surface area contributed by atoms with Crippen LogP contribution >= 0.6 is 0 Å². The lowest BCUT2D eigenvalue weighted by molar-refractivity contribution is -0.127. The summed E-state index contributed by atoms with van der Waals surface area (Å²) in [6.07, 6.45) is 0. The van der Waals surface area contributed by atoms with Crippen molar-refractivity contribution in [2.45, 2.75) is 19.9 Å². The molecular formula is C22H23N3O6. The third kappa shape index (κ3) is 4.07. The lowest BCUT2D eigenvalue weighted by atomic mass is 10.0. The molecule has 0 saturated heterocycles. The Kier molecular flexibility index (Phi) is 6.24. The van der Waals surface area contributed by atoms with E-state index in [0.717, 1.165) is 4.90 Å². The van der Waals surface area contributed by atoms with Gasteiger partial charge in [0.2, 0.25) is 0 Å². The summed E-state index contributed by atoms with van der Waals surface area (Å²) in [6.45, 7) is 3.42. The van der Waals surface area contributed by atoms with Gasteiger partial charge in [-0.2, -0.15) is 0 Å². The first-order chi connectivity index (χ1) is 14.8. The van der Waals surface area contributed by atoms with Crippen molar-refractivity contribution in [3.05, 3.63) is 59.2 Å². The van der Waals surface area contributed by atoms with Gasteiger partial charge in [0.15, 0.2) is 11.5 Å². The summed E-state index contributed by atoms with van der Waals surface area (Å²) in [4.78, 5) is 51.8. The number of carbonyl (C=O) groups excluding carboxylic acids is 4. The molecule has 162 valence electrons. The first-order valence-electron chi connectivity index (χ1n) is 9.59. The van der Waals surface area contributed by atoms with Gasteiger partial charge in [-0.05, 0) is 36.2 Å². The molecule has 9 nitrogen and oxygen atoms in total. The first-order valence-corrected chi connectivity index (χ1v) is 9.59. The molecule has 1 aliphatic rings. The van der Waals surface area contributed by atoms with Gasteiger partial charge < -0.3 is 9.47 Å². The molecule has 0 radical (unpaired) electrons. The Morgan fingerprint density at radius 3 is 1.97 bits per heavy atom. The van der Waals surface area contributed by atoms with E-state index in [-0.39, 0.29) is 22.6 Å². The number of rotatable bonds is 6. The molecule has 31 heavy (non-hydrogen) atoms. The van der Waals surface area contributed by atoms with Gasteiger partial charge in [0.25, 0.3) is 23.6 Å². The van der Waals surface area contributed by atoms with Gasteiger partial charge in [-0.25, -0.2) is 0 Å². The minimum absolute atomic E-state index is 0.222. The highest BCUT2D eigenvalue weighted by molar-refractivity contribution is 6.22. The topological polar surface area (TPSA) is 114 Å². The summed E-state index contributed by atoms with van der Waals surface area (Å²) in [5, 5.41) is 0. The van der Waals surface area contributed by atoms with Crippen molar-refractivity contribution < 1.29 is 28.7 Å². The molecule has 2 aromatic carbocycles. The van der Waals surface area contributed by atoms with E-state index < -0.39 is 29.7 Å². The van der Waals surface area contributed by atoms with Gasteiger partial charge in [0, 0.05) is 5.56 Å². The van der Waals surface area contributed by atoms with Crippen LogP contribution in [0.1, 0.15) is 44.9 Å². The Morgan fingerprint density at radius 1 is 0.871 bits per heavy atom. The number of ether oxygens (including phenoxy) is 2. The molecule has 1 unspecified atom stereocenters. The molecule has 4 amide bonds. The normalized spacial score (nSPS) is 13.6. The molecule has 0 fully saturated rings. The summed E-state index contributed by atoms with van der Waals surface area (Å²) < 4.78 is 10.3. The number of benzene rings is 2. The molecule has 0 aromatic heterocycles. The standard InChI is InChI=1S/C22H23N3O6/c1-12(2)18(25-21(28)14-7-5-6-8-15(14)22(25)29)20(27)24-23-19(26)13-9-10-16(30-3)17(11-13)31-4/h5-12,18H,1-4H3,(H,23,26)(H,24,27). The zero-order valence-electron chi connectivity index (χ0n) is 17.6. The first kappa shape index (κ1) is 21.8. The van der Waals surface area contributed by atoms with E-state index >= 15 is 0 Å². The SMILES string of the molecule is COc1ccc(C(=O)NNC(=O)C(C(C)C)N2C(=O)c3ccccc3C2=O)cc1OC. The van der Waals surface area contributed by atoms with Gasteiger partial charge in [0.05, 0.1) is 25.3 Å². The predicted molar refractivity (Wildman–Crippen MR) is 111 cm³/mol. The molecule has 3 rings (SSSR count). The number of amides is 4. The van der Waals surface area contributed by atoms with E-state index in [1.165, 1.54) is 26.4 Å². The molecule has 0 saturated carbocycles. The zero-order chi connectivity index (χ0) is 22.7. The fraction of sp³-hybridized carbons (Fsp3) is 0.273. The van der Waals surface area contributed by atoms with Crippen LogP contribution in [0.15, 0.2) is 42.5 Å². The van der Waals surface area contributed by atoms with Gasteiger partial charge in [-0.1, -0.05) is 26.0 Å². The number of hydrogen-bond acceptors (Lipinski definition) is 6. The molecule has 2 N–H and O–H groups in total. The number of nitrogens with one attached hydrogen (secondary N) is 2. The van der Waals surface area contributed by atoms with E-state index in [0.29, 0.717) is 11.5 Å². The van der Waals surface area contributed by atoms with Crippen LogP contribution in [0, 0.1) is 5.92 Å². The van der Waals surface area contributed by atoms with Gasteiger partial charge >= 0.3 is 0 Å². The van der Waals surface area contributed by atoms with Gasteiger partial charge in [0.1, 0.15) is 6.04 Å². The van der Waals surface area contributed by atoms with Crippen LogP contribution in [-0.4, -0.2) is 48.8 Å². The number of nitrogens with zero attached hydrogens (tertiary/aromatic N) is 1. The smallest absolute Gasteiger partial charge is 0.269 e. The van der Waals surface area contributed by atoms with Crippen LogP contribution in [-0.2, 0) is 4.79 Å². The number of imide groups is 1. The Labute approximate surface area is 179 Å². The van der Waals surface area contributed by atoms with Crippen molar-refractivity contribution in [1.29, 1.82) is 0 Å². The van der Waals surface area contributed by atoms with Crippen LogP contribution in [0.25, 0.3) is 0 Å². The van der Waals surface area contributed by atoms with Crippen molar-refractivity contribution in [3.63, 3.8) is 0 Å². The second-order valence-electron chi connectivity index (χ2n) is 7.23. The molecule has 2 aromatic rings. The van der Waals surface area contributed by atoms with Crippen LogP contribution < -0.4 is 20.3 Å². The molecule has 1 atom stereocenters. The highest BCUT2D eigenvalue weighted by Crippen LogP contribution is 2.28. The minimum Gasteiger partial charge on any atom is -0.493 e. The van der Waals surface area contributed by atoms with Crippen LogP contribution in [0.3, 0.4) is 0 Å². The number of hydrogen-bond donors (Lipinski definition) is 2. The highest BCUT2D eigenvalue weighted by Gasteiger charge is 2.44. The summed E-state index contributed by atoms with van der Waals surface area (Å²) in [5.41, 5.74) is 5.35. The van der Waals surface area contributed by atoms with E-state index in [1.807, 2.05) is 0 Å². The van der Waals surface area contributed by atoms with Gasteiger partial charge in [-0.3, -0.25) is 34.9 Å². The van der Waals surface area contributed by atoms with Crippen molar-refractivity contribution in [3.8, 4) is 11.5 Å². The van der Waals surface area contributed by atoms with E-state index in [4.69, 9.17) is 9.47 Å². The summed E-state index contributed by atoms with van der Waals surface area (Å²) in [7, 11) is 2.92. The predicted octanol–water partition coefficient (Wildman–Crippen LogP) is 1.79. The van der Waals surface area contributed by atoms with Crippen LogP contribution in [0.4, 0.5) is 0 Å². The van der Waals surface area contributed by atoms with Crippen molar-refractivity contribution in [1.82, 2.24) is 15.8 Å². The fourth-order valence-electron chi connectivity index (χ4n) is 3.42. The molecular weight excluding hydrogens is 402 g/mol. The van der Waals surface area contributed by atoms with Crippen molar-refractivity contribution in [2.75, 3.05) is 14.2 Å². The van der Waals surface area contributed by atoms with Crippen LogP contribution in [0.2, 0.25) is 0 Å². The van der Waals surface area contributed by atoms with E-state index in [9.17, 15) is 19.2 Å². The summed E-state index contributed by atoms with van der Waals surface area (Å²) in [5.74, 6) is -1.94. The minimum atomic E-state index is -1.10.